The number of halogens is 1. The van der Waals surface area contributed by atoms with Crippen molar-refractivity contribution >= 4 is 39.1 Å². The molecule has 0 aliphatic rings. The minimum Gasteiger partial charge on any atom is -0.357 e. The molecule has 0 radical (unpaired) electrons. The maximum atomic E-state index is 14.2. The molecule has 0 aliphatic heterocycles. The van der Waals surface area contributed by atoms with E-state index < -0.39 is 28.5 Å². The molecule has 0 aromatic heterocycles. The Balaban J connectivity index is 1.77. The molecule has 4 rings (SSSR count). The Bertz CT molecular complexity index is 1580. The lowest BCUT2D eigenvalue weighted by atomic mass is 10.0. The molecule has 1 N–H and O–H groups in total. The number of sulfonamides is 1. The van der Waals surface area contributed by atoms with Crippen molar-refractivity contribution in [2.75, 3.05) is 17.9 Å². The van der Waals surface area contributed by atoms with Crippen LogP contribution in [-0.2, 0) is 32.6 Å². The second-order valence-corrected chi connectivity index (χ2v) is 11.9. The molecule has 4 aromatic rings. The predicted molar refractivity (Wildman–Crippen MR) is 162 cm³/mol. The third-order valence-corrected chi connectivity index (χ3v) is 8.71. The second-order valence-electron chi connectivity index (χ2n) is 9.63. The highest BCUT2D eigenvalue weighted by Crippen LogP contribution is 2.25. The van der Waals surface area contributed by atoms with E-state index in [1.807, 2.05) is 43.3 Å². The number of hydrogen-bond donors (Lipinski definition) is 1. The number of carbonyl (C=O) groups is 2. The van der Waals surface area contributed by atoms with Gasteiger partial charge in [0, 0.05) is 25.0 Å². The summed E-state index contributed by atoms with van der Waals surface area (Å²) >= 11 is 6.24. The minimum atomic E-state index is -4.13. The van der Waals surface area contributed by atoms with Crippen molar-refractivity contribution in [2.24, 2.45) is 0 Å². The molecule has 1 atom stereocenters. The van der Waals surface area contributed by atoms with Crippen molar-refractivity contribution < 1.29 is 18.0 Å². The summed E-state index contributed by atoms with van der Waals surface area (Å²) in [5.41, 5.74) is 2.81. The van der Waals surface area contributed by atoms with Gasteiger partial charge in [0.25, 0.3) is 10.0 Å². The Labute approximate surface area is 246 Å². The maximum absolute atomic E-state index is 14.2. The zero-order chi connectivity index (χ0) is 29.4. The molecular weight excluding hydrogens is 558 g/mol. The molecule has 0 saturated heterocycles. The first-order chi connectivity index (χ1) is 19.7. The highest BCUT2D eigenvalue weighted by atomic mass is 35.5. The van der Waals surface area contributed by atoms with Gasteiger partial charge in [-0.2, -0.15) is 0 Å². The van der Waals surface area contributed by atoms with Gasteiger partial charge in [0.05, 0.1) is 10.6 Å². The fraction of sp³-hybridized carbons (Fsp3) is 0.188. The van der Waals surface area contributed by atoms with Crippen molar-refractivity contribution in [3.8, 4) is 0 Å². The summed E-state index contributed by atoms with van der Waals surface area (Å²) in [5, 5.41) is 3.16. The van der Waals surface area contributed by atoms with E-state index in [2.05, 4.69) is 5.32 Å². The Hall–Kier alpha value is -4.14. The summed E-state index contributed by atoms with van der Waals surface area (Å²) < 4.78 is 28.9. The summed E-state index contributed by atoms with van der Waals surface area (Å²) in [6.07, 6.45) is 0.239. The molecule has 41 heavy (non-hydrogen) atoms. The lowest BCUT2D eigenvalue weighted by molar-refractivity contribution is -0.139. The number of para-hydroxylation sites is 1. The van der Waals surface area contributed by atoms with E-state index in [-0.39, 0.29) is 23.8 Å². The Morgan fingerprint density at radius 3 is 2.05 bits per heavy atom. The zero-order valence-electron chi connectivity index (χ0n) is 22.9. The maximum Gasteiger partial charge on any atom is 0.264 e. The zero-order valence-corrected chi connectivity index (χ0v) is 24.5. The average molecular weight is 590 g/mol. The quantitative estimate of drug-likeness (QED) is 0.260. The van der Waals surface area contributed by atoms with E-state index in [1.165, 1.54) is 24.1 Å². The highest BCUT2D eigenvalue weighted by Gasteiger charge is 2.34. The van der Waals surface area contributed by atoms with Crippen LogP contribution in [0.1, 0.15) is 16.7 Å². The molecule has 2 amide bonds. The first kappa shape index (κ1) is 29.8. The van der Waals surface area contributed by atoms with Gasteiger partial charge in [0.15, 0.2) is 0 Å². The smallest absolute Gasteiger partial charge is 0.264 e. The van der Waals surface area contributed by atoms with Gasteiger partial charge in [0.2, 0.25) is 11.8 Å². The molecule has 0 spiro atoms. The molecule has 0 unspecified atom stereocenters. The van der Waals surface area contributed by atoms with Crippen molar-refractivity contribution in [1.29, 1.82) is 0 Å². The Kier molecular flexibility index (Phi) is 9.81. The van der Waals surface area contributed by atoms with Crippen LogP contribution in [0.15, 0.2) is 114 Å². The van der Waals surface area contributed by atoms with Crippen LogP contribution >= 0.6 is 11.6 Å². The summed E-state index contributed by atoms with van der Waals surface area (Å²) in [4.78, 5) is 29.0. The molecule has 9 heteroatoms. The first-order valence-corrected chi connectivity index (χ1v) is 14.9. The van der Waals surface area contributed by atoms with Gasteiger partial charge in [-0.05, 0) is 54.4 Å². The van der Waals surface area contributed by atoms with Gasteiger partial charge in [-0.1, -0.05) is 90.0 Å². The van der Waals surface area contributed by atoms with E-state index in [4.69, 9.17) is 11.6 Å². The summed E-state index contributed by atoms with van der Waals surface area (Å²) in [7, 11) is -2.61. The summed E-state index contributed by atoms with van der Waals surface area (Å²) in [6, 6.07) is 30.5. The van der Waals surface area contributed by atoms with Crippen LogP contribution in [0.2, 0.25) is 5.02 Å². The standard InChI is InChI=1S/C32H32ClN3O4S/c1-24-16-18-29(19-17-24)41(39,40)36(28-14-7-4-8-15-28)23-31(37)35(22-26-12-9-13-27(33)20-26)30(32(38)34-2)21-25-10-5-3-6-11-25/h3-20,30H,21-23H2,1-2H3,(H,34,38)/t30-/m1/s1. The topological polar surface area (TPSA) is 86.8 Å². The number of rotatable bonds is 11. The molecule has 212 valence electrons. The molecule has 7 nitrogen and oxygen atoms in total. The van der Waals surface area contributed by atoms with Gasteiger partial charge >= 0.3 is 0 Å². The number of carbonyl (C=O) groups excluding carboxylic acids is 2. The second kappa shape index (κ2) is 13.5. The molecular formula is C32H32ClN3O4S. The van der Waals surface area contributed by atoms with Gasteiger partial charge in [0.1, 0.15) is 12.6 Å². The van der Waals surface area contributed by atoms with Gasteiger partial charge in [-0.15, -0.1) is 0 Å². The average Bonchev–Trinajstić information content (AvgIpc) is 2.98. The van der Waals surface area contributed by atoms with Crippen LogP contribution in [-0.4, -0.2) is 44.8 Å². The van der Waals surface area contributed by atoms with E-state index in [9.17, 15) is 18.0 Å². The SMILES string of the molecule is CNC(=O)[C@@H](Cc1ccccc1)N(Cc1cccc(Cl)c1)C(=O)CN(c1ccccc1)S(=O)(=O)c1ccc(C)cc1. The number of nitrogens with one attached hydrogen (secondary N) is 1. The fourth-order valence-corrected chi connectivity index (χ4v) is 6.14. The monoisotopic (exact) mass is 589 g/mol. The number of likely N-dealkylation sites (N-methyl/N-ethyl adjacent to an activating group) is 1. The number of aryl methyl sites for hydroxylation is 1. The third kappa shape index (κ3) is 7.54. The molecule has 4 aromatic carbocycles. The minimum absolute atomic E-state index is 0.0531. The normalized spacial score (nSPS) is 11.9. The lowest BCUT2D eigenvalue weighted by Crippen LogP contribution is -2.53. The highest BCUT2D eigenvalue weighted by molar-refractivity contribution is 7.92. The number of benzene rings is 4. The van der Waals surface area contributed by atoms with Crippen molar-refractivity contribution in [3.63, 3.8) is 0 Å². The molecule has 0 saturated carbocycles. The molecule has 0 aliphatic carbocycles. The number of anilines is 1. The van der Waals surface area contributed by atoms with E-state index in [1.54, 1.807) is 60.7 Å². The predicted octanol–water partition coefficient (Wildman–Crippen LogP) is 5.23. The van der Waals surface area contributed by atoms with Gasteiger partial charge in [-0.3, -0.25) is 13.9 Å². The fourth-order valence-electron chi connectivity index (χ4n) is 4.51. The largest absolute Gasteiger partial charge is 0.357 e. The Morgan fingerprint density at radius 2 is 1.44 bits per heavy atom. The lowest BCUT2D eigenvalue weighted by Gasteiger charge is -2.33. The van der Waals surface area contributed by atoms with Crippen molar-refractivity contribution in [3.05, 3.63) is 131 Å². The van der Waals surface area contributed by atoms with Crippen LogP contribution < -0.4 is 9.62 Å². The summed E-state index contributed by atoms with van der Waals surface area (Å²) in [6.45, 7) is 1.41. The van der Waals surface area contributed by atoms with Crippen LogP contribution in [0, 0.1) is 6.92 Å². The first-order valence-electron chi connectivity index (χ1n) is 13.1. The molecule has 0 bridgehead atoms. The third-order valence-electron chi connectivity index (χ3n) is 6.69. The van der Waals surface area contributed by atoms with Crippen molar-refractivity contribution in [1.82, 2.24) is 10.2 Å². The van der Waals surface area contributed by atoms with Gasteiger partial charge < -0.3 is 10.2 Å². The number of amides is 2. The number of hydrogen-bond acceptors (Lipinski definition) is 4. The van der Waals surface area contributed by atoms with E-state index >= 15 is 0 Å². The van der Waals surface area contributed by atoms with Crippen molar-refractivity contribution in [2.45, 2.75) is 30.8 Å². The van der Waals surface area contributed by atoms with Crippen LogP contribution in [0.4, 0.5) is 5.69 Å². The molecule has 0 heterocycles. The van der Waals surface area contributed by atoms with Gasteiger partial charge in [-0.25, -0.2) is 8.42 Å². The molecule has 0 fully saturated rings. The van der Waals surface area contributed by atoms with Crippen LogP contribution in [0.5, 0.6) is 0 Å². The van der Waals surface area contributed by atoms with Crippen LogP contribution in [0.25, 0.3) is 0 Å². The number of nitrogens with zero attached hydrogens (tertiary/aromatic N) is 2. The Morgan fingerprint density at radius 1 is 0.829 bits per heavy atom. The summed E-state index contributed by atoms with van der Waals surface area (Å²) in [5.74, 6) is -0.897. The van der Waals surface area contributed by atoms with E-state index in [0.717, 1.165) is 15.4 Å². The van der Waals surface area contributed by atoms with E-state index in [0.29, 0.717) is 16.3 Å². The van der Waals surface area contributed by atoms with Crippen LogP contribution in [0.3, 0.4) is 0 Å².